The van der Waals surface area contributed by atoms with Gasteiger partial charge in [0, 0.05) is 19.3 Å². The Labute approximate surface area is 54.8 Å². The van der Waals surface area contributed by atoms with Crippen LogP contribution in [0.25, 0.3) is 0 Å². The van der Waals surface area contributed by atoms with Crippen molar-refractivity contribution in [1.82, 2.24) is 4.90 Å². The van der Waals surface area contributed by atoms with Gasteiger partial charge in [-0.15, -0.1) is 11.8 Å². The zero-order chi connectivity index (χ0) is 5.98. The van der Waals surface area contributed by atoms with E-state index in [1.54, 1.807) is 0 Å². The first-order valence-corrected chi connectivity index (χ1v) is 3.82. The molecule has 0 aromatic carbocycles. The van der Waals surface area contributed by atoms with E-state index < -0.39 is 0 Å². The van der Waals surface area contributed by atoms with Crippen molar-refractivity contribution in [2.75, 3.05) is 19.3 Å². The average Bonchev–Trinajstić information content (AvgIpc) is 1.77. The minimum atomic E-state index is 1.19. The Morgan fingerprint density at radius 1 is 1.75 bits per heavy atom. The van der Waals surface area contributed by atoms with Crippen LogP contribution in [0.1, 0.15) is 6.42 Å². The predicted molar refractivity (Wildman–Crippen MR) is 38.8 cm³/mol. The van der Waals surface area contributed by atoms with Crippen molar-refractivity contribution in [1.29, 1.82) is 0 Å². The molecule has 1 aliphatic heterocycles. The van der Waals surface area contributed by atoms with E-state index in [2.05, 4.69) is 18.5 Å². The summed E-state index contributed by atoms with van der Waals surface area (Å²) in [6.07, 6.45) is 1.31. The summed E-state index contributed by atoms with van der Waals surface area (Å²) in [4.78, 5) is 2.20. The van der Waals surface area contributed by atoms with Crippen molar-refractivity contribution >= 4 is 11.8 Å². The Hall–Kier alpha value is -0.110. The van der Waals surface area contributed by atoms with Crippen molar-refractivity contribution in [3.8, 4) is 0 Å². The van der Waals surface area contributed by atoms with E-state index >= 15 is 0 Å². The molecular formula is C6H11NS. The van der Waals surface area contributed by atoms with Gasteiger partial charge in [0.2, 0.25) is 0 Å². The highest BCUT2D eigenvalue weighted by molar-refractivity contribution is 8.03. The average molecular weight is 129 g/mol. The van der Waals surface area contributed by atoms with E-state index in [4.69, 9.17) is 0 Å². The molecule has 1 rings (SSSR count). The minimum Gasteiger partial charge on any atom is -0.370 e. The van der Waals surface area contributed by atoms with Gasteiger partial charge in [0.15, 0.2) is 0 Å². The molecule has 46 valence electrons. The van der Waals surface area contributed by atoms with Crippen molar-refractivity contribution in [3.63, 3.8) is 0 Å². The first-order chi connectivity index (χ1) is 3.80. The van der Waals surface area contributed by atoms with Gasteiger partial charge in [0.05, 0.1) is 5.03 Å². The molecule has 0 spiro atoms. The van der Waals surface area contributed by atoms with E-state index in [-0.39, 0.29) is 0 Å². The summed E-state index contributed by atoms with van der Waals surface area (Å²) in [5.41, 5.74) is 0. The SMILES string of the molecule is C=C1SCCCN1C. The van der Waals surface area contributed by atoms with E-state index in [0.717, 1.165) is 0 Å². The zero-order valence-corrected chi connectivity index (χ0v) is 6.00. The van der Waals surface area contributed by atoms with Crippen LogP contribution < -0.4 is 0 Å². The molecule has 0 aromatic heterocycles. The van der Waals surface area contributed by atoms with E-state index in [0.29, 0.717) is 0 Å². The molecule has 1 fully saturated rings. The zero-order valence-electron chi connectivity index (χ0n) is 5.18. The molecule has 8 heavy (non-hydrogen) atoms. The molecule has 2 heteroatoms. The summed E-state index contributed by atoms with van der Waals surface area (Å²) in [5.74, 6) is 1.25. The second kappa shape index (κ2) is 2.44. The predicted octanol–water partition coefficient (Wildman–Crippen LogP) is 1.53. The third-order valence-corrected chi connectivity index (χ3v) is 2.47. The molecule has 1 saturated heterocycles. The maximum atomic E-state index is 3.88. The lowest BCUT2D eigenvalue weighted by Crippen LogP contribution is -2.21. The van der Waals surface area contributed by atoms with Crippen molar-refractivity contribution in [2.24, 2.45) is 0 Å². The van der Waals surface area contributed by atoms with Crippen LogP contribution in [0.3, 0.4) is 0 Å². The van der Waals surface area contributed by atoms with Crippen molar-refractivity contribution < 1.29 is 0 Å². The fourth-order valence-electron chi connectivity index (χ4n) is 0.727. The van der Waals surface area contributed by atoms with Crippen LogP contribution in [0.2, 0.25) is 0 Å². The molecule has 0 aliphatic carbocycles. The fourth-order valence-corrected chi connectivity index (χ4v) is 1.55. The summed E-state index contributed by atoms with van der Waals surface area (Å²) < 4.78 is 0. The van der Waals surface area contributed by atoms with E-state index in [9.17, 15) is 0 Å². The van der Waals surface area contributed by atoms with E-state index in [1.807, 2.05) is 11.8 Å². The van der Waals surface area contributed by atoms with Crippen LogP contribution in [0.15, 0.2) is 11.6 Å². The maximum absolute atomic E-state index is 3.88. The summed E-state index contributed by atoms with van der Waals surface area (Å²) in [6.45, 7) is 5.07. The topological polar surface area (TPSA) is 3.24 Å². The molecular weight excluding hydrogens is 118 g/mol. The molecule has 1 nitrogen and oxygen atoms in total. The summed E-state index contributed by atoms with van der Waals surface area (Å²) in [5, 5.41) is 1.22. The quantitative estimate of drug-likeness (QED) is 0.488. The highest BCUT2D eigenvalue weighted by Crippen LogP contribution is 2.22. The van der Waals surface area contributed by atoms with Gasteiger partial charge in [-0.2, -0.15) is 0 Å². The number of nitrogens with zero attached hydrogens (tertiary/aromatic N) is 1. The fraction of sp³-hybridized carbons (Fsp3) is 0.667. The number of thioether (sulfide) groups is 1. The summed E-state index contributed by atoms with van der Waals surface area (Å²) in [7, 11) is 2.09. The summed E-state index contributed by atoms with van der Waals surface area (Å²) >= 11 is 1.86. The molecule has 0 radical (unpaired) electrons. The first kappa shape index (κ1) is 6.02. The van der Waals surface area contributed by atoms with Gasteiger partial charge in [-0.25, -0.2) is 0 Å². The van der Waals surface area contributed by atoms with Gasteiger partial charge in [-0.05, 0) is 6.42 Å². The number of hydrogen-bond acceptors (Lipinski definition) is 2. The lowest BCUT2D eigenvalue weighted by atomic mass is 10.4. The number of rotatable bonds is 0. The highest BCUT2D eigenvalue weighted by atomic mass is 32.2. The third-order valence-electron chi connectivity index (χ3n) is 1.33. The van der Waals surface area contributed by atoms with Crippen LogP contribution in [-0.4, -0.2) is 24.2 Å². The Morgan fingerprint density at radius 2 is 2.50 bits per heavy atom. The lowest BCUT2D eigenvalue weighted by Gasteiger charge is -2.25. The monoisotopic (exact) mass is 129 g/mol. The highest BCUT2D eigenvalue weighted by Gasteiger charge is 2.07. The van der Waals surface area contributed by atoms with Crippen LogP contribution in [-0.2, 0) is 0 Å². The second-order valence-electron chi connectivity index (χ2n) is 2.02. The molecule has 1 aliphatic rings. The van der Waals surface area contributed by atoms with Gasteiger partial charge in [0.1, 0.15) is 0 Å². The normalized spacial score (nSPS) is 21.6. The Morgan fingerprint density at radius 3 is 2.88 bits per heavy atom. The molecule has 0 bridgehead atoms. The third kappa shape index (κ3) is 1.19. The second-order valence-corrected chi connectivity index (χ2v) is 3.19. The van der Waals surface area contributed by atoms with E-state index in [1.165, 1.54) is 23.7 Å². The molecule has 0 N–H and O–H groups in total. The standard InChI is InChI=1S/C6H11NS/c1-6-7(2)4-3-5-8-6/h1,3-5H2,2H3. The molecule has 0 unspecified atom stereocenters. The Balaban J connectivity index is 2.39. The van der Waals surface area contributed by atoms with Crippen LogP contribution in [0.4, 0.5) is 0 Å². The molecule has 0 saturated carbocycles. The van der Waals surface area contributed by atoms with Gasteiger partial charge in [-0.1, -0.05) is 6.58 Å². The lowest BCUT2D eigenvalue weighted by molar-refractivity contribution is 0.438. The molecule has 0 atom stereocenters. The van der Waals surface area contributed by atoms with Gasteiger partial charge < -0.3 is 4.90 Å². The van der Waals surface area contributed by atoms with Crippen molar-refractivity contribution in [2.45, 2.75) is 6.42 Å². The van der Waals surface area contributed by atoms with Gasteiger partial charge in [-0.3, -0.25) is 0 Å². The molecule has 0 amide bonds. The van der Waals surface area contributed by atoms with Gasteiger partial charge in [0.25, 0.3) is 0 Å². The van der Waals surface area contributed by atoms with Gasteiger partial charge >= 0.3 is 0 Å². The van der Waals surface area contributed by atoms with Crippen LogP contribution in [0.5, 0.6) is 0 Å². The smallest absolute Gasteiger partial charge is 0.0631 e. The van der Waals surface area contributed by atoms with Crippen LogP contribution in [0, 0.1) is 0 Å². The molecule has 0 aromatic rings. The van der Waals surface area contributed by atoms with Crippen LogP contribution >= 0.6 is 11.8 Å². The molecule has 1 heterocycles. The van der Waals surface area contributed by atoms with Crippen molar-refractivity contribution in [3.05, 3.63) is 11.6 Å². The minimum absolute atomic E-state index is 1.19. The summed E-state index contributed by atoms with van der Waals surface area (Å²) in [6, 6.07) is 0. The number of hydrogen-bond donors (Lipinski definition) is 0. The maximum Gasteiger partial charge on any atom is 0.0631 e. The Bertz CT molecular complexity index is 101. The largest absolute Gasteiger partial charge is 0.370 e. The Kier molecular flexibility index (Phi) is 1.84. The first-order valence-electron chi connectivity index (χ1n) is 2.83.